The van der Waals surface area contributed by atoms with Gasteiger partial charge in [-0.15, -0.1) is 0 Å². The van der Waals surface area contributed by atoms with Crippen molar-refractivity contribution in [2.45, 2.75) is 13.2 Å². The Labute approximate surface area is 137 Å². The number of halogens is 4. The Morgan fingerprint density at radius 1 is 1.15 bits per heavy atom. The van der Waals surface area contributed by atoms with E-state index in [0.29, 0.717) is 25.3 Å². The molecule has 2 rings (SSSR count). The number of rotatable bonds is 4. The van der Waals surface area contributed by atoms with Crippen LogP contribution < -0.4 is 4.74 Å². The third-order valence-electron chi connectivity index (χ3n) is 2.62. The summed E-state index contributed by atoms with van der Waals surface area (Å²) in [4.78, 5) is 0. The first kappa shape index (κ1) is 15.8. The Kier molecular flexibility index (Phi) is 5.43. The minimum absolute atomic E-state index is 0.0623. The van der Waals surface area contributed by atoms with Gasteiger partial charge in [-0.3, -0.25) is 0 Å². The van der Waals surface area contributed by atoms with Crippen LogP contribution in [0.15, 0.2) is 39.3 Å². The molecule has 1 N–H and O–H groups in total. The fourth-order valence-corrected chi connectivity index (χ4v) is 3.33. The highest BCUT2D eigenvalue weighted by Crippen LogP contribution is 2.35. The zero-order valence-electron chi connectivity index (χ0n) is 10.2. The molecule has 0 unspecified atom stereocenters. The van der Waals surface area contributed by atoms with E-state index in [9.17, 15) is 4.39 Å². The van der Waals surface area contributed by atoms with Crippen molar-refractivity contribution < 1.29 is 14.2 Å². The van der Waals surface area contributed by atoms with E-state index in [0.717, 1.165) is 5.56 Å². The van der Waals surface area contributed by atoms with Crippen molar-refractivity contribution in [1.82, 2.24) is 0 Å². The largest absolute Gasteiger partial charge is 0.486 e. The average molecular weight is 424 g/mol. The molecule has 0 aliphatic carbocycles. The van der Waals surface area contributed by atoms with Crippen LogP contribution in [0.3, 0.4) is 0 Å². The Balaban J connectivity index is 2.21. The highest BCUT2D eigenvalue weighted by atomic mass is 79.9. The van der Waals surface area contributed by atoms with Gasteiger partial charge in [-0.25, -0.2) is 4.39 Å². The van der Waals surface area contributed by atoms with Crippen LogP contribution in [0.5, 0.6) is 5.75 Å². The predicted molar refractivity (Wildman–Crippen MR) is 83.5 cm³/mol. The molecule has 20 heavy (non-hydrogen) atoms. The molecule has 0 saturated carbocycles. The highest BCUT2D eigenvalue weighted by Gasteiger charge is 2.10. The van der Waals surface area contributed by atoms with Crippen molar-refractivity contribution in [1.29, 1.82) is 0 Å². The van der Waals surface area contributed by atoms with Crippen molar-refractivity contribution >= 4 is 43.5 Å². The molecule has 0 fully saturated rings. The van der Waals surface area contributed by atoms with Gasteiger partial charge in [0.2, 0.25) is 0 Å². The van der Waals surface area contributed by atoms with Gasteiger partial charge in [-0.2, -0.15) is 0 Å². The van der Waals surface area contributed by atoms with Crippen LogP contribution in [0.4, 0.5) is 4.39 Å². The summed E-state index contributed by atoms with van der Waals surface area (Å²) in [5.74, 6) is 0.212. The molecule has 0 atom stereocenters. The van der Waals surface area contributed by atoms with Gasteiger partial charge >= 0.3 is 0 Å². The zero-order valence-corrected chi connectivity index (χ0v) is 14.1. The number of ether oxygens (including phenoxy) is 1. The third-order valence-corrected chi connectivity index (χ3v) is 4.17. The molecule has 0 heterocycles. The number of hydrogen-bond acceptors (Lipinski definition) is 2. The van der Waals surface area contributed by atoms with Gasteiger partial charge < -0.3 is 9.84 Å². The van der Waals surface area contributed by atoms with E-state index in [1.165, 1.54) is 18.2 Å². The molecule has 2 aromatic carbocycles. The number of hydrogen-bond donors (Lipinski definition) is 1. The second kappa shape index (κ2) is 6.89. The van der Waals surface area contributed by atoms with E-state index in [2.05, 4.69) is 31.9 Å². The van der Waals surface area contributed by atoms with Crippen molar-refractivity contribution in [3.05, 3.63) is 61.2 Å². The van der Waals surface area contributed by atoms with E-state index < -0.39 is 0 Å². The highest BCUT2D eigenvalue weighted by molar-refractivity contribution is 9.11. The van der Waals surface area contributed by atoms with Gasteiger partial charge in [0.15, 0.2) is 0 Å². The summed E-state index contributed by atoms with van der Waals surface area (Å²) in [7, 11) is 0. The minimum Gasteiger partial charge on any atom is -0.486 e. The molecule has 2 aromatic rings. The SMILES string of the molecule is OCc1cc(Br)c(OCc2cc(F)ccc2Cl)c(Br)c1. The van der Waals surface area contributed by atoms with Gasteiger partial charge in [0.25, 0.3) is 0 Å². The minimum atomic E-state index is -0.359. The van der Waals surface area contributed by atoms with Crippen LogP contribution in [-0.4, -0.2) is 5.11 Å². The van der Waals surface area contributed by atoms with E-state index in [-0.39, 0.29) is 19.0 Å². The van der Waals surface area contributed by atoms with Crippen molar-refractivity contribution in [2.75, 3.05) is 0 Å². The summed E-state index contributed by atoms with van der Waals surface area (Å²) in [6.07, 6.45) is 0. The van der Waals surface area contributed by atoms with E-state index in [1.54, 1.807) is 12.1 Å². The van der Waals surface area contributed by atoms with Crippen molar-refractivity contribution in [3.63, 3.8) is 0 Å². The number of benzene rings is 2. The molecule has 2 nitrogen and oxygen atoms in total. The number of aliphatic hydroxyl groups excluding tert-OH is 1. The summed E-state index contributed by atoms with van der Waals surface area (Å²) >= 11 is 12.7. The monoisotopic (exact) mass is 422 g/mol. The Morgan fingerprint density at radius 3 is 2.40 bits per heavy atom. The maximum absolute atomic E-state index is 13.2. The Morgan fingerprint density at radius 2 is 1.80 bits per heavy atom. The van der Waals surface area contributed by atoms with Gasteiger partial charge in [0.1, 0.15) is 18.2 Å². The normalized spacial score (nSPS) is 10.7. The summed E-state index contributed by atoms with van der Waals surface area (Å²) in [5, 5.41) is 9.56. The third kappa shape index (κ3) is 3.73. The fourth-order valence-electron chi connectivity index (χ4n) is 1.65. The second-order valence-electron chi connectivity index (χ2n) is 4.07. The Hall–Kier alpha value is -0.620. The van der Waals surface area contributed by atoms with Crippen LogP contribution in [-0.2, 0) is 13.2 Å². The molecule has 0 aromatic heterocycles. The van der Waals surface area contributed by atoms with Gasteiger partial charge in [0.05, 0.1) is 15.6 Å². The fraction of sp³-hybridized carbons (Fsp3) is 0.143. The molecular weight excluding hydrogens is 414 g/mol. The predicted octanol–water partition coefficient (Wildman–Crippen LogP) is 5.08. The smallest absolute Gasteiger partial charge is 0.148 e. The molecule has 0 aliphatic rings. The lowest BCUT2D eigenvalue weighted by atomic mass is 10.2. The van der Waals surface area contributed by atoms with Gasteiger partial charge in [0, 0.05) is 10.6 Å². The average Bonchev–Trinajstić information content (AvgIpc) is 2.41. The van der Waals surface area contributed by atoms with E-state index >= 15 is 0 Å². The summed E-state index contributed by atoms with van der Waals surface area (Å²) in [6.45, 7) is 0.0828. The molecule has 106 valence electrons. The standard InChI is InChI=1S/C14H10Br2ClFO2/c15-11-3-8(6-19)4-12(16)14(11)20-7-9-5-10(18)1-2-13(9)17/h1-5,19H,6-7H2. The molecule has 0 bridgehead atoms. The molecule has 0 spiro atoms. The molecular formula is C14H10Br2ClFO2. The van der Waals surface area contributed by atoms with Crippen LogP contribution in [0.2, 0.25) is 5.02 Å². The van der Waals surface area contributed by atoms with Crippen LogP contribution in [0.25, 0.3) is 0 Å². The Bertz CT molecular complexity index is 612. The quantitative estimate of drug-likeness (QED) is 0.742. The molecule has 0 saturated heterocycles. The molecule has 0 aliphatic heterocycles. The van der Waals surface area contributed by atoms with Crippen LogP contribution in [0, 0.1) is 5.82 Å². The van der Waals surface area contributed by atoms with Crippen molar-refractivity contribution in [3.8, 4) is 5.75 Å². The molecule has 6 heteroatoms. The van der Waals surface area contributed by atoms with Crippen LogP contribution >= 0.6 is 43.5 Å². The molecule has 0 amide bonds. The number of aliphatic hydroxyl groups is 1. The maximum atomic E-state index is 13.2. The lowest BCUT2D eigenvalue weighted by Gasteiger charge is -2.12. The first-order chi connectivity index (χ1) is 9.51. The van der Waals surface area contributed by atoms with Crippen molar-refractivity contribution in [2.24, 2.45) is 0 Å². The zero-order chi connectivity index (χ0) is 14.7. The topological polar surface area (TPSA) is 29.5 Å². The van der Waals surface area contributed by atoms with E-state index in [1.807, 2.05) is 0 Å². The lowest BCUT2D eigenvalue weighted by Crippen LogP contribution is -1.99. The summed E-state index contributed by atoms with van der Waals surface area (Å²) in [6, 6.07) is 7.65. The first-order valence-electron chi connectivity index (χ1n) is 5.66. The van der Waals surface area contributed by atoms with Gasteiger partial charge in [-0.05, 0) is 67.8 Å². The van der Waals surface area contributed by atoms with E-state index in [4.69, 9.17) is 21.4 Å². The summed E-state index contributed by atoms with van der Waals surface area (Å²) in [5.41, 5.74) is 1.32. The second-order valence-corrected chi connectivity index (χ2v) is 6.19. The van der Waals surface area contributed by atoms with Gasteiger partial charge in [-0.1, -0.05) is 11.6 Å². The summed E-state index contributed by atoms with van der Waals surface area (Å²) < 4.78 is 20.2. The first-order valence-corrected chi connectivity index (χ1v) is 7.63. The maximum Gasteiger partial charge on any atom is 0.148 e. The molecule has 0 radical (unpaired) electrons. The van der Waals surface area contributed by atoms with Crippen LogP contribution in [0.1, 0.15) is 11.1 Å². The lowest BCUT2D eigenvalue weighted by molar-refractivity contribution is 0.280.